The number of para-hydroxylation sites is 2. The molecule has 0 radical (unpaired) electrons. The fourth-order valence-corrected chi connectivity index (χ4v) is 6.35. The number of hydrogen-bond acceptors (Lipinski definition) is 6. The molecule has 0 aliphatic carbocycles. The summed E-state index contributed by atoms with van der Waals surface area (Å²) < 4.78 is 30.6. The van der Waals surface area contributed by atoms with E-state index in [0.29, 0.717) is 56.6 Å². The molecule has 36 heavy (non-hydrogen) atoms. The molecule has 1 amide bonds. The Kier molecular flexibility index (Phi) is 5.78. The second-order valence-electron chi connectivity index (χ2n) is 11.0. The van der Waals surface area contributed by atoms with E-state index < -0.39 is 0 Å². The van der Waals surface area contributed by atoms with Crippen LogP contribution in [0.15, 0.2) is 36.4 Å². The molecule has 0 bridgehead atoms. The zero-order valence-corrected chi connectivity index (χ0v) is 21.4. The van der Waals surface area contributed by atoms with E-state index in [9.17, 15) is 4.79 Å². The summed E-state index contributed by atoms with van der Waals surface area (Å²) in [5.74, 6) is 3.07. The first-order valence-electron chi connectivity index (χ1n) is 13.1. The monoisotopic (exact) mass is 493 g/mol. The maximum Gasteiger partial charge on any atom is 0.257 e. The van der Waals surface area contributed by atoms with Crippen LogP contribution < -0.4 is 18.9 Å². The Bertz CT molecular complexity index is 1150. The van der Waals surface area contributed by atoms with Crippen LogP contribution in [0.25, 0.3) is 0 Å². The van der Waals surface area contributed by atoms with Gasteiger partial charge in [0.1, 0.15) is 18.8 Å². The molecule has 7 nitrogen and oxygen atoms in total. The number of nitrogens with zero attached hydrogens (tertiary/aromatic N) is 1. The highest BCUT2D eigenvalue weighted by molar-refractivity contribution is 5.98. The van der Waals surface area contributed by atoms with Crippen LogP contribution in [0.2, 0.25) is 0 Å². The summed E-state index contributed by atoms with van der Waals surface area (Å²) in [7, 11) is 0. The number of benzene rings is 2. The number of ether oxygens (including phenoxy) is 5. The quantitative estimate of drug-likeness (QED) is 0.598. The SMILES string of the molecule is CCOc1cccc2c1OC(C)(C)[C@H]1CC3(CCN(C(=O)c4cccc5c4OCCO5)CC3)CO[C@H]21. The average molecular weight is 494 g/mol. The number of carbonyl (C=O) groups is 1. The summed E-state index contributed by atoms with van der Waals surface area (Å²) in [4.78, 5) is 15.4. The standard InChI is InChI=1S/C29H35NO6/c1-4-32-23-10-5-7-19-24-21(28(2,3)36-26(19)23)17-29(18-35-24)11-13-30(14-12-29)27(31)20-8-6-9-22-25(20)34-16-15-33-22/h5-10,21,24H,4,11-18H2,1-3H3/t21-,24+/m0/s1. The molecular weight excluding hydrogens is 458 g/mol. The van der Waals surface area contributed by atoms with Gasteiger partial charge in [-0.1, -0.05) is 18.2 Å². The van der Waals surface area contributed by atoms with Crippen molar-refractivity contribution in [3.8, 4) is 23.0 Å². The van der Waals surface area contributed by atoms with Crippen molar-refractivity contribution in [2.24, 2.45) is 11.3 Å². The lowest BCUT2D eigenvalue weighted by atomic mass is 9.64. The number of carbonyl (C=O) groups excluding carboxylic acids is 1. The molecule has 0 N–H and O–H groups in total. The van der Waals surface area contributed by atoms with Gasteiger partial charge >= 0.3 is 0 Å². The average Bonchev–Trinajstić information content (AvgIpc) is 2.89. The highest BCUT2D eigenvalue weighted by Crippen LogP contribution is 2.57. The van der Waals surface area contributed by atoms with Crippen molar-refractivity contribution in [3.05, 3.63) is 47.5 Å². The molecule has 1 spiro atoms. The van der Waals surface area contributed by atoms with Crippen LogP contribution in [0.3, 0.4) is 0 Å². The Labute approximate surface area is 212 Å². The predicted molar refractivity (Wildman–Crippen MR) is 134 cm³/mol. The summed E-state index contributed by atoms with van der Waals surface area (Å²) in [5, 5.41) is 0. The third-order valence-electron chi connectivity index (χ3n) is 8.37. The van der Waals surface area contributed by atoms with E-state index in [2.05, 4.69) is 19.9 Å². The van der Waals surface area contributed by atoms with Crippen LogP contribution in [0.5, 0.6) is 23.0 Å². The molecule has 2 aromatic carbocycles. The van der Waals surface area contributed by atoms with E-state index in [0.717, 1.165) is 36.3 Å². The minimum absolute atomic E-state index is 0.0116. The Morgan fingerprint density at radius 1 is 1.06 bits per heavy atom. The van der Waals surface area contributed by atoms with E-state index >= 15 is 0 Å². The summed E-state index contributed by atoms with van der Waals surface area (Å²) in [6.07, 6.45) is 2.83. The van der Waals surface area contributed by atoms with Gasteiger partial charge in [-0.3, -0.25) is 4.79 Å². The number of likely N-dealkylation sites (tertiary alicyclic amines) is 1. The highest BCUT2D eigenvalue weighted by Gasteiger charge is 2.53. The first-order valence-corrected chi connectivity index (χ1v) is 13.1. The van der Waals surface area contributed by atoms with Gasteiger partial charge in [0.25, 0.3) is 5.91 Å². The first kappa shape index (κ1) is 23.5. The highest BCUT2D eigenvalue weighted by atomic mass is 16.6. The van der Waals surface area contributed by atoms with Crippen molar-refractivity contribution < 1.29 is 28.5 Å². The van der Waals surface area contributed by atoms with Crippen molar-refractivity contribution >= 4 is 5.91 Å². The third kappa shape index (κ3) is 3.88. The minimum atomic E-state index is -0.383. The van der Waals surface area contributed by atoms with Gasteiger partial charge in [-0.15, -0.1) is 0 Å². The fourth-order valence-electron chi connectivity index (χ4n) is 6.35. The van der Waals surface area contributed by atoms with E-state index in [1.54, 1.807) is 0 Å². The molecule has 4 heterocycles. The van der Waals surface area contributed by atoms with Crippen molar-refractivity contribution in [1.82, 2.24) is 4.90 Å². The number of rotatable bonds is 3. The zero-order chi connectivity index (χ0) is 24.9. The second-order valence-corrected chi connectivity index (χ2v) is 11.0. The molecule has 2 atom stereocenters. The van der Waals surface area contributed by atoms with Crippen molar-refractivity contribution in [1.29, 1.82) is 0 Å². The first-order chi connectivity index (χ1) is 17.4. The van der Waals surface area contributed by atoms with Crippen molar-refractivity contribution in [2.75, 3.05) is 39.5 Å². The third-order valence-corrected chi connectivity index (χ3v) is 8.37. The van der Waals surface area contributed by atoms with Crippen LogP contribution in [0.1, 0.15) is 62.1 Å². The Balaban J connectivity index is 1.18. The Morgan fingerprint density at radius 2 is 1.83 bits per heavy atom. The smallest absolute Gasteiger partial charge is 0.257 e. The van der Waals surface area contributed by atoms with Gasteiger partial charge in [-0.05, 0) is 63.6 Å². The number of fused-ring (bicyclic) bond motifs is 4. The molecule has 2 saturated heterocycles. The van der Waals surface area contributed by atoms with E-state index in [1.807, 2.05) is 42.2 Å². The Morgan fingerprint density at radius 3 is 2.64 bits per heavy atom. The summed E-state index contributed by atoms with van der Waals surface area (Å²) in [6.45, 7) is 10.00. The molecule has 7 heteroatoms. The molecule has 4 aliphatic heterocycles. The normalized spacial score (nSPS) is 25.4. The molecule has 0 saturated carbocycles. The van der Waals surface area contributed by atoms with Gasteiger partial charge in [-0.25, -0.2) is 0 Å². The minimum Gasteiger partial charge on any atom is -0.490 e. The van der Waals surface area contributed by atoms with Crippen molar-refractivity contribution in [2.45, 2.75) is 51.7 Å². The summed E-state index contributed by atoms with van der Waals surface area (Å²) >= 11 is 0. The van der Waals surface area contributed by atoms with Gasteiger partial charge < -0.3 is 28.6 Å². The lowest BCUT2D eigenvalue weighted by Crippen LogP contribution is -2.54. The van der Waals surface area contributed by atoms with E-state index in [4.69, 9.17) is 23.7 Å². The maximum atomic E-state index is 13.4. The fraction of sp³-hybridized carbons (Fsp3) is 0.552. The zero-order valence-electron chi connectivity index (χ0n) is 21.4. The largest absolute Gasteiger partial charge is 0.490 e. The molecule has 0 aromatic heterocycles. The van der Waals surface area contributed by atoms with Gasteiger partial charge in [-0.2, -0.15) is 0 Å². The predicted octanol–water partition coefficient (Wildman–Crippen LogP) is 5.03. The van der Waals surface area contributed by atoms with Gasteiger partial charge in [0.2, 0.25) is 0 Å². The van der Waals surface area contributed by atoms with Crippen LogP contribution >= 0.6 is 0 Å². The molecule has 4 aliphatic rings. The lowest BCUT2D eigenvalue weighted by molar-refractivity contribution is -0.173. The van der Waals surface area contributed by atoms with Crippen LogP contribution in [-0.4, -0.2) is 55.9 Å². The molecular formula is C29H35NO6. The molecule has 2 aromatic rings. The van der Waals surface area contributed by atoms with Gasteiger partial charge in [0, 0.05) is 24.6 Å². The number of hydrogen-bond donors (Lipinski definition) is 0. The molecule has 192 valence electrons. The number of amides is 1. The van der Waals surface area contributed by atoms with Crippen LogP contribution in [0, 0.1) is 11.3 Å². The topological polar surface area (TPSA) is 66.5 Å². The van der Waals surface area contributed by atoms with Crippen molar-refractivity contribution in [3.63, 3.8) is 0 Å². The van der Waals surface area contributed by atoms with Crippen LogP contribution in [0.4, 0.5) is 0 Å². The van der Waals surface area contributed by atoms with Gasteiger partial charge in [0.05, 0.1) is 24.9 Å². The molecule has 2 fully saturated rings. The summed E-state index contributed by atoms with van der Waals surface area (Å²) in [6, 6.07) is 11.7. The Hall–Kier alpha value is -2.93. The van der Waals surface area contributed by atoms with Gasteiger partial charge in [0.15, 0.2) is 23.0 Å². The van der Waals surface area contributed by atoms with E-state index in [1.165, 1.54) is 0 Å². The van der Waals surface area contributed by atoms with Crippen LogP contribution in [-0.2, 0) is 4.74 Å². The number of piperidine rings is 1. The summed E-state index contributed by atoms with van der Waals surface area (Å²) in [5.41, 5.74) is 1.34. The second kappa shape index (κ2) is 8.87. The van der Waals surface area contributed by atoms with E-state index in [-0.39, 0.29) is 28.9 Å². The molecule has 6 rings (SSSR count). The maximum absolute atomic E-state index is 13.4. The molecule has 0 unspecified atom stereocenters. The lowest BCUT2D eigenvalue weighted by Gasteiger charge is -2.54.